The Morgan fingerprint density at radius 2 is 1.89 bits per heavy atom. The molecule has 0 aromatic heterocycles. The summed E-state index contributed by atoms with van der Waals surface area (Å²) >= 11 is 6.39. The predicted octanol–water partition coefficient (Wildman–Crippen LogP) is 3.71. The minimum Gasteiger partial charge on any atom is -0.371 e. The molecular formula is C15H23ClN2. The summed E-state index contributed by atoms with van der Waals surface area (Å²) in [5.41, 5.74) is 2.42. The van der Waals surface area contributed by atoms with Gasteiger partial charge in [-0.15, -0.1) is 0 Å². The first-order valence-electron chi connectivity index (χ1n) is 6.74. The molecule has 1 aromatic carbocycles. The van der Waals surface area contributed by atoms with Crippen LogP contribution in [0.4, 0.5) is 5.69 Å². The zero-order valence-corrected chi connectivity index (χ0v) is 12.5. The Morgan fingerprint density at radius 1 is 1.28 bits per heavy atom. The van der Waals surface area contributed by atoms with Crippen LogP contribution < -0.4 is 10.2 Å². The van der Waals surface area contributed by atoms with Crippen molar-refractivity contribution in [2.75, 3.05) is 25.0 Å². The molecule has 1 N–H and O–H groups in total. The van der Waals surface area contributed by atoms with E-state index < -0.39 is 0 Å². The van der Waals surface area contributed by atoms with Crippen molar-refractivity contribution in [3.63, 3.8) is 0 Å². The predicted molar refractivity (Wildman–Crippen MR) is 79.5 cm³/mol. The van der Waals surface area contributed by atoms with Gasteiger partial charge in [0.05, 0.1) is 0 Å². The van der Waals surface area contributed by atoms with Gasteiger partial charge in [0.15, 0.2) is 0 Å². The lowest BCUT2D eigenvalue weighted by molar-refractivity contribution is 0.494. The van der Waals surface area contributed by atoms with Crippen LogP contribution in [0.1, 0.15) is 32.4 Å². The second-order valence-corrected chi connectivity index (χ2v) is 5.98. The molecule has 3 heteroatoms. The van der Waals surface area contributed by atoms with E-state index in [4.69, 9.17) is 11.6 Å². The van der Waals surface area contributed by atoms with E-state index in [0.29, 0.717) is 6.04 Å². The molecular weight excluding hydrogens is 244 g/mol. The summed E-state index contributed by atoms with van der Waals surface area (Å²) in [6.45, 7) is 9.05. The Morgan fingerprint density at radius 3 is 2.39 bits per heavy atom. The number of rotatable bonds is 3. The minimum absolute atomic E-state index is 0.294. The maximum atomic E-state index is 6.39. The average Bonchev–Trinajstić information content (AvgIpc) is 2.68. The van der Waals surface area contributed by atoms with E-state index in [9.17, 15) is 0 Å². The summed E-state index contributed by atoms with van der Waals surface area (Å²) in [4.78, 5) is 2.44. The molecule has 1 heterocycles. The third-order valence-corrected chi connectivity index (χ3v) is 4.56. The Kier molecular flexibility index (Phi) is 4.18. The molecule has 0 aliphatic carbocycles. The lowest BCUT2D eigenvalue weighted by Gasteiger charge is -2.21. The van der Waals surface area contributed by atoms with Gasteiger partial charge in [0.1, 0.15) is 0 Å². The van der Waals surface area contributed by atoms with Crippen LogP contribution in [-0.2, 0) is 0 Å². The van der Waals surface area contributed by atoms with Gasteiger partial charge in [0.25, 0.3) is 0 Å². The van der Waals surface area contributed by atoms with Gasteiger partial charge in [-0.2, -0.15) is 0 Å². The van der Waals surface area contributed by atoms with Gasteiger partial charge in [0, 0.05) is 29.8 Å². The maximum absolute atomic E-state index is 6.39. The van der Waals surface area contributed by atoms with E-state index in [-0.39, 0.29) is 0 Å². The van der Waals surface area contributed by atoms with Gasteiger partial charge in [-0.05, 0) is 43.5 Å². The zero-order chi connectivity index (χ0) is 13.3. The number of benzene rings is 1. The van der Waals surface area contributed by atoms with Crippen LogP contribution in [0.5, 0.6) is 0 Å². The number of anilines is 1. The van der Waals surface area contributed by atoms with Crippen LogP contribution in [-0.4, -0.2) is 20.1 Å². The molecule has 1 fully saturated rings. The minimum atomic E-state index is 0.294. The second-order valence-electron chi connectivity index (χ2n) is 5.58. The van der Waals surface area contributed by atoms with E-state index in [2.05, 4.69) is 49.2 Å². The SMILES string of the molecule is CNC(C)c1ccc(N2CC(C)C(C)C2)cc1Cl. The largest absolute Gasteiger partial charge is 0.371 e. The number of halogens is 1. The van der Waals surface area contributed by atoms with Crippen molar-refractivity contribution >= 4 is 17.3 Å². The van der Waals surface area contributed by atoms with Crippen molar-refractivity contribution in [2.24, 2.45) is 11.8 Å². The fourth-order valence-electron chi connectivity index (χ4n) is 2.56. The lowest BCUT2D eigenvalue weighted by Crippen LogP contribution is -2.20. The molecule has 18 heavy (non-hydrogen) atoms. The topological polar surface area (TPSA) is 15.3 Å². The van der Waals surface area contributed by atoms with Crippen molar-refractivity contribution in [1.29, 1.82) is 0 Å². The van der Waals surface area contributed by atoms with Crippen LogP contribution in [0.3, 0.4) is 0 Å². The molecule has 2 rings (SSSR count). The number of hydrogen-bond donors (Lipinski definition) is 1. The molecule has 0 bridgehead atoms. The number of nitrogens with one attached hydrogen (secondary N) is 1. The molecule has 2 nitrogen and oxygen atoms in total. The van der Waals surface area contributed by atoms with Gasteiger partial charge in [-0.3, -0.25) is 0 Å². The summed E-state index contributed by atoms with van der Waals surface area (Å²) in [6.07, 6.45) is 0. The molecule has 0 amide bonds. The molecule has 1 aromatic rings. The fourth-order valence-corrected chi connectivity index (χ4v) is 2.90. The van der Waals surface area contributed by atoms with Gasteiger partial charge < -0.3 is 10.2 Å². The molecule has 0 saturated carbocycles. The van der Waals surface area contributed by atoms with E-state index in [1.807, 2.05) is 7.05 Å². The Hall–Kier alpha value is -0.730. The number of nitrogens with zero attached hydrogens (tertiary/aromatic N) is 1. The van der Waals surface area contributed by atoms with E-state index in [1.165, 1.54) is 11.3 Å². The van der Waals surface area contributed by atoms with E-state index in [1.54, 1.807) is 0 Å². The smallest absolute Gasteiger partial charge is 0.0474 e. The summed E-state index contributed by atoms with van der Waals surface area (Å²) in [5.74, 6) is 1.53. The van der Waals surface area contributed by atoms with Crippen LogP contribution in [0.25, 0.3) is 0 Å². The van der Waals surface area contributed by atoms with E-state index >= 15 is 0 Å². The van der Waals surface area contributed by atoms with Crippen molar-refractivity contribution in [3.8, 4) is 0 Å². The third-order valence-electron chi connectivity index (χ3n) is 4.24. The first-order chi connectivity index (χ1) is 8.52. The first-order valence-corrected chi connectivity index (χ1v) is 7.12. The fraction of sp³-hybridized carbons (Fsp3) is 0.600. The van der Waals surface area contributed by atoms with Gasteiger partial charge in [-0.1, -0.05) is 31.5 Å². The molecule has 0 spiro atoms. The standard InChI is InChI=1S/C15H23ClN2/c1-10-8-18(9-11(10)2)13-5-6-14(12(3)17-4)15(16)7-13/h5-7,10-12,17H,8-9H2,1-4H3. The van der Waals surface area contributed by atoms with Crippen molar-refractivity contribution in [1.82, 2.24) is 5.32 Å². The highest BCUT2D eigenvalue weighted by Gasteiger charge is 2.26. The summed E-state index contributed by atoms with van der Waals surface area (Å²) in [7, 11) is 1.96. The van der Waals surface area contributed by atoms with E-state index in [0.717, 1.165) is 29.9 Å². The highest BCUT2D eigenvalue weighted by Crippen LogP contribution is 2.32. The van der Waals surface area contributed by atoms with Crippen molar-refractivity contribution in [2.45, 2.75) is 26.8 Å². The highest BCUT2D eigenvalue weighted by molar-refractivity contribution is 6.31. The van der Waals surface area contributed by atoms with Gasteiger partial charge in [-0.25, -0.2) is 0 Å². The summed E-state index contributed by atoms with van der Waals surface area (Å²) in [6, 6.07) is 6.74. The molecule has 100 valence electrons. The average molecular weight is 267 g/mol. The third kappa shape index (κ3) is 2.65. The van der Waals surface area contributed by atoms with Gasteiger partial charge >= 0.3 is 0 Å². The molecule has 3 atom stereocenters. The number of hydrogen-bond acceptors (Lipinski definition) is 2. The van der Waals surface area contributed by atoms with Crippen LogP contribution in [0, 0.1) is 11.8 Å². The second kappa shape index (κ2) is 5.50. The van der Waals surface area contributed by atoms with Crippen LogP contribution >= 0.6 is 11.6 Å². The molecule has 1 aliphatic rings. The van der Waals surface area contributed by atoms with Crippen molar-refractivity contribution in [3.05, 3.63) is 28.8 Å². The van der Waals surface area contributed by atoms with Crippen LogP contribution in [0.2, 0.25) is 5.02 Å². The Labute approximate surface area is 115 Å². The summed E-state index contributed by atoms with van der Waals surface area (Å²) < 4.78 is 0. The monoisotopic (exact) mass is 266 g/mol. The molecule has 1 aliphatic heterocycles. The zero-order valence-electron chi connectivity index (χ0n) is 11.7. The quantitative estimate of drug-likeness (QED) is 0.897. The maximum Gasteiger partial charge on any atom is 0.0474 e. The van der Waals surface area contributed by atoms with Gasteiger partial charge in [0.2, 0.25) is 0 Å². The molecule has 0 radical (unpaired) electrons. The Balaban J connectivity index is 2.19. The summed E-state index contributed by atoms with van der Waals surface area (Å²) in [5, 5.41) is 4.09. The Bertz CT molecular complexity index is 409. The first kappa shape index (κ1) is 13.7. The normalized spacial score (nSPS) is 25.5. The van der Waals surface area contributed by atoms with Crippen molar-refractivity contribution < 1.29 is 0 Å². The lowest BCUT2D eigenvalue weighted by atomic mass is 10.0. The molecule has 1 saturated heterocycles. The molecule has 3 unspecified atom stereocenters. The highest BCUT2D eigenvalue weighted by atomic mass is 35.5. The van der Waals surface area contributed by atoms with Crippen LogP contribution in [0.15, 0.2) is 18.2 Å².